The number of carbonyl (C=O) groups is 1. The van der Waals surface area contributed by atoms with Crippen LogP contribution in [0.4, 0.5) is 0 Å². The summed E-state index contributed by atoms with van der Waals surface area (Å²) in [4.78, 5) is 13.6. The number of allylic oxidation sites excluding steroid dienone is 1. The molecule has 0 aromatic carbocycles. The second-order valence-corrected chi connectivity index (χ2v) is 3.95. The van der Waals surface area contributed by atoms with Gasteiger partial charge in [-0.1, -0.05) is 26.3 Å². The fourth-order valence-electron chi connectivity index (χ4n) is 1.49. The normalized spacial score (nSPS) is 10.4. The molecule has 3 nitrogen and oxygen atoms in total. The Morgan fingerprint density at radius 1 is 1.25 bits per heavy atom. The molecule has 0 saturated heterocycles. The number of carbonyl (C=O) groups excluding carboxylic acids is 1. The zero-order chi connectivity index (χ0) is 12.2. The van der Waals surface area contributed by atoms with Crippen molar-refractivity contribution in [3.63, 3.8) is 0 Å². The predicted molar refractivity (Wildman–Crippen MR) is 69.2 cm³/mol. The van der Waals surface area contributed by atoms with Gasteiger partial charge in [0.1, 0.15) is 0 Å². The van der Waals surface area contributed by atoms with Gasteiger partial charge in [-0.05, 0) is 32.4 Å². The van der Waals surface area contributed by atoms with Crippen molar-refractivity contribution in [1.82, 2.24) is 10.2 Å². The number of rotatable bonds is 10. The molecule has 1 amide bonds. The third-order valence-electron chi connectivity index (χ3n) is 2.71. The molecule has 0 fully saturated rings. The van der Waals surface area contributed by atoms with Gasteiger partial charge in [-0.25, -0.2) is 0 Å². The van der Waals surface area contributed by atoms with E-state index in [0.717, 1.165) is 38.8 Å². The number of nitrogens with zero attached hydrogens (tertiary/aromatic N) is 1. The predicted octanol–water partition coefficient (Wildman–Crippen LogP) is 2.54. The van der Waals surface area contributed by atoms with E-state index >= 15 is 0 Å². The average molecular weight is 226 g/mol. The largest absolute Gasteiger partial charge is 0.343 e. The van der Waals surface area contributed by atoms with Crippen molar-refractivity contribution in [1.29, 1.82) is 0 Å². The van der Waals surface area contributed by atoms with Gasteiger partial charge in [-0.2, -0.15) is 0 Å². The Balaban J connectivity index is 3.40. The van der Waals surface area contributed by atoms with Crippen molar-refractivity contribution in [3.05, 3.63) is 12.7 Å². The first-order valence-electron chi connectivity index (χ1n) is 6.34. The quantitative estimate of drug-likeness (QED) is 0.353. The molecule has 0 aromatic heterocycles. The van der Waals surface area contributed by atoms with Crippen LogP contribution in [-0.2, 0) is 4.79 Å². The maximum Gasteiger partial charge on any atom is 0.220 e. The molecule has 0 saturated carbocycles. The lowest BCUT2D eigenvalue weighted by Crippen LogP contribution is -2.37. The van der Waals surface area contributed by atoms with Crippen molar-refractivity contribution in [2.75, 3.05) is 19.8 Å². The van der Waals surface area contributed by atoms with E-state index in [9.17, 15) is 4.79 Å². The monoisotopic (exact) mass is 226 g/mol. The maximum absolute atomic E-state index is 11.5. The zero-order valence-electron chi connectivity index (χ0n) is 10.8. The molecule has 0 atom stereocenters. The fourth-order valence-corrected chi connectivity index (χ4v) is 1.49. The van der Waals surface area contributed by atoms with Gasteiger partial charge in [0, 0.05) is 6.42 Å². The van der Waals surface area contributed by atoms with E-state index in [-0.39, 0.29) is 5.91 Å². The van der Waals surface area contributed by atoms with Crippen molar-refractivity contribution in [2.45, 2.75) is 46.0 Å². The second kappa shape index (κ2) is 10.7. The van der Waals surface area contributed by atoms with E-state index in [1.807, 2.05) is 6.08 Å². The highest BCUT2D eigenvalue weighted by atomic mass is 16.1. The van der Waals surface area contributed by atoms with Gasteiger partial charge in [0.05, 0.1) is 6.67 Å². The topological polar surface area (TPSA) is 32.3 Å². The standard InChI is InChI=1S/C13H26N2O/c1-4-7-8-9-10-11-13(16)14-12-15(5-2)6-3/h4H,1,5-12H2,2-3H3,(H,14,16). The van der Waals surface area contributed by atoms with Gasteiger partial charge in [0.15, 0.2) is 0 Å². The number of hydrogen-bond donors (Lipinski definition) is 1. The Hall–Kier alpha value is -0.830. The van der Waals surface area contributed by atoms with E-state index in [2.05, 4.69) is 30.6 Å². The minimum Gasteiger partial charge on any atom is -0.343 e. The first kappa shape index (κ1) is 15.2. The summed E-state index contributed by atoms with van der Waals surface area (Å²) in [5, 5.41) is 2.94. The lowest BCUT2D eigenvalue weighted by atomic mass is 10.1. The second-order valence-electron chi connectivity index (χ2n) is 3.95. The van der Waals surface area contributed by atoms with Crippen molar-refractivity contribution < 1.29 is 4.79 Å². The molecule has 0 bridgehead atoms. The summed E-state index contributed by atoms with van der Waals surface area (Å²) in [6, 6.07) is 0. The van der Waals surface area contributed by atoms with Gasteiger partial charge in [-0.15, -0.1) is 6.58 Å². The molecule has 16 heavy (non-hydrogen) atoms. The van der Waals surface area contributed by atoms with Crippen LogP contribution in [0, 0.1) is 0 Å². The Morgan fingerprint density at radius 2 is 1.94 bits per heavy atom. The highest BCUT2D eigenvalue weighted by molar-refractivity contribution is 5.75. The summed E-state index contributed by atoms with van der Waals surface area (Å²) in [5.41, 5.74) is 0. The fraction of sp³-hybridized carbons (Fsp3) is 0.769. The lowest BCUT2D eigenvalue weighted by molar-refractivity contribution is -0.121. The Bertz CT molecular complexity index is 188. The molecule has 0 aliphatic rings. The van der Waals surface area contributed by atoms with E-state index in [4.69, 9.17) is 0 Å². The van der Waals surface area contributed by atoms with Gasteiger partial charge < -0.3 is 5.32 Å². The molecule has 0 aromatic rings. The Labute approximate surface area is 99.9 Å². The molecule has 1 N–H and O–H groups in total. The summed E-state index contributed by atoms with van der Waals surface area (Å²) in [6.45, 7) is 10.5. The SMILES string of the molecule is C=CCCCCCC(=O)NCN(CC)CC. The summed E-state index contributed by atoms with van der Waals surface area (Å²) in [5.74, 6) is 0.172. The summed E-state index contributed by atoms with van der Waals surface area (Å²) < 4.78 is 0. The highest BCUT2D eigenvalue weighted by Gasteiger charge is 2.03. The Morgan fingerprint density at radius 3 is 2.50 bits per heavy atom. The van der Waals surface area contributed by atoms with Gasteiger partial charge >= 0.3 is 0 Å². The lowest BCUT2D eigenvalue weighted by Gasteiger charge is -2.18. The number of hydrogen-bond acceptors (Lipinski definition) is 2. The molecule has 0 aliphatic heterocycles. The van der Waals surface area contributed by atoms with Crippen LogP contribution in [-0.4, -0.2) is 30.6 Å². The highest BCUT2D eigenvalue weighted by Crippen LogP contribution is 2.02. The van der Waals surface area contributed by atoms with Gasteiger partial charge in [-0.3, -0.25) is 9.69 Å². The minimum atomic E-state index is 0.172. The number of unbranched alkanes of at least 4 members (excludes halogenated alkanes) is 3. The molecule has 0 aliphatic carbocycles. The molecule has 0 radical (unpaired) electrons. The molecule has 94 valence electrons. The van der Waals surface area contributed by atoms with Crippen LogP contribution in [0.2, 0.25) is 0 Å². The van der Waals surface area contributed by atoms with E-state index < -0.39 is 0 Å². The minimum absolute atomic E-state index is 0.172. The van der Waals surface area contributed by atoms with Crippen LogP contribution in [0.3, 0.4) is 0 Å². The molecule has 0 rings (SSSR count). The van der Waals surface area contributed by atoms with Crippen LogP contribution < -0.4 is 5.32 Å². The number of nitrogens with one attached hydrogen (secondary N) is 1. The van der Waals surface area contributed by atoms with Crippen molar-refractivity contribution in [2.24, 2.45) is 0 Å². The van der Waals surface area contributed by atoms with Crippen LogP contribution in [0.25, 0.3) is 0 Å². The van der Waals surface area contributed by atoms with Crippen LogP contribution in [0.15, 0.2) is 12.7 Å². The molecule has 0 unspecified atom stereocenters. The van der Waals surface area contributed by atoms with Crippen molar-refractivity contribution in [3.8, 4) is 0 Å². The van der Waals surface area contributed by atoms with Crippen LogP contribution >= 0.6 is 0 Å². The van der Waals surface area contributed by atoms with Crippen LogP contribution in [0.1, 0.15) is 46.0 Å². The average Bonchev–Trinajstić information content (AvgIpc) is 2.30. The van der Waals surface area contributed by atoms with Crippen LogP contribution in [0.5, 0.6) is 0 Å². The van der Waals surface area contributed by atoms with E-state index in [1.165, 1.54) is 0 Å². The molecule has 3 heteroatoms. The molecular formula is C13H26N2O. The summed E-state index contributed by atoms with van der Waals surface area (Å²) >= 11 is 0. The van der Waals surface area contributed by atoms with Gasteiger partial charge in [0.2, 0.25) is 5.91 Å². The van der Waals surface area contributed by atoms with E-state index in [1.54, 1.807) is 0 Å². The van der Waals surface area contributed by atoms with E-state index in [0.29, 0.717) is 13.1 Å². The first-order valence-corrected chi connectivity index (χ1v) is 6.34. The van der Waals surface area contributed by atoms with Crippen molar-refractivity contribution >= 4 is 5.91 Å². The third kappa shape index (κ3) is 8.48. The summed E-state index contributed by atoms with van der Waals surface area (Å²) in [6.07, 6.45) is 6.88. The maximum atomic E-state index is 11.5. The zero-order valence-corrected chi connectivity index (χ0v) is 10.8. The smallest absolute Gasteiger partial charge is 0.220 e. The van der Waals surface area contributed by atoms with Gasteiger partial charge in [0.25, 0.3) is 0 Å². The molecule has 0 spiro atoms. The first-order chi connectivity index (χ1) is 7.74. The summed E-state index contributed by atoms with van der Waals surface area (Å²) in [7, 11) is 0. The Kier molecular flexibility index (Phi) is 10.1. The number of amides is 1. The third-order valence-corrected chi connectivity index (χ3v) is 2.71. The molecule has 0 heterocycles. The molecular weight excluding hydrogens is 200 g/mol.